The first kappa shape index (κ1) is 13.0. The summed E-state index contributed by atoms with van der Waals surface area (Å²) < 4.78 is 5.37. The molecule has 0 aliphatic rings. The third-order valence-electron chi connectivity index (χ3n) is 2.70. The maximum absolute atomic E-state index is 5.99. The maximum atomic E-state index is 5.99. The lowest BCUT2D eigenvalue weighted by molar-refractivity contribution is 0.405. The topological polar surface area (TPSA) is 35.2 Å². The van der Waals surface area contributed by atoms with Gasteiger partial charge in [0.25, 0.3) is 0 Å². The van der Waals surface area contributed by atoms with Crippen LogP contribution in [-0.4, -0.2) is 7.11 Å². The van der Waals surface area contributed by atoms with Crippen molar-refractivity contribution >= 4 is 11.8 Å². The quantitative estimate of drug-likeness (QED) is 0.905. The number of hydrogen-bond donors (Lipinski definition) is 1. The highest BCUT2D eigenvalue weighted by Gasteiger charge is 2.09. The summed E-state index contributed by atoms with van der Waals surface area (Å²) in [4.78, 5) is 2.28. The van der Waals surface area contributed by atoms with Crippen LogP contribution in [0.25, 0.3) is 0 Å². The van der Waals surface area contributed by atoms with Crippen LogP contribution >= 0.6 is 11.8 Å². The highest BCUT2D eigenvalue weighted by atomic mass is 32.2. The van der Waals surface area contributed by atoms with E-state index in [9.17, 15) is 0 Å². The second kappa shape index (κ2) is 5.94. The van der Waals surface area contributed by atoms with Crippen LogP contribution < -0.4 is 10.5 Å². The van der Waals surface area contributed by atoms with Gasteiger partial charge in [-0.05, 0) is 30.7 Å². The highest BCUT2D eigenvalue weighted by Crippen LogP contribution is 2.37. The zero-order chi connectivity index (χ0) is 13.0. The van der Waals surface area contributed by atoms with Crippen molar-refractivity contribution < 1.29 is 4.74 Å². The Bertz CT molecular complexity index is 525. The summed E-state index contributed by atoms with van der Waals surface area (Å²) in [6.45, 7) is 2.00. The van der Waals surface area contributed by atoms with E-state index >= 15 is 0 Å². The molecule has 2 nitrogen and oxygen atoms in total. The fraction of sp³-hybridized carbons (Fsp3) is 0.200. The molecule has 0 saturated carbocycles. The molecule has 0 radical (unpaired) electrons. The lowest BCUT2D eigenvalue weighted by Gasteiger charge is -2.13. The van der Waals surface area contributed by atoms with Crippen molar-refractivity contribution in [1.29, 1.82) is 0 Å². The van der Waals surface area contributed by atoms with Crippen molar-refractivity contribution in [2.45, 2.75) is 22.8 Å². The van der Waals surface area contributed by atoms with Crippen LogP contribution in [0.15, 0.2) is 58.3 Å². The van der Waals surface area contributed by atoms with Gasteiger partial charge in [-0.1, -0.05) is 42.1 Å². The summed E-state index contributed by atoms with van der Waals surface area (Å²) in [7, 11) is 1.69. The minimum absolute atomic E-state index is 0.0309. The first-order valence-corrected chi connectivity index (χ1v) is 6.69. The van der Waals surface area contributed by atoms with Crippen molar-refractivity contribution in [2.24, 2.45) is 5.73 Å². The fourth-order valence-electron chi connectivity index (χ4n) is 1.77. The van der Waals surface area contributed by atoms with Crippen molar-refractivity contribution in [3.05, 3.63) is 54.1 Å². The molecule has 2 aromatic rings. The van der Waals surface area contributed by atoms with Gasteiger partial charge >= 0.3 is 0 Å². The van der Waals surface area contributed by atoms with E-state index in [1.54, 1.807) is 18.9 Å². The first-order valence-electron chi connectivity index (χ1n) is 5.87. The molecule has 0 aliphatic carbocycles. The minimum atomic E-state index is 0.0309. The van der Waals surface area contributed by atoms with E-state index < -0.39 is 0 Å². The van der Waals surface area contributed by atoms with Gasteiger partial charge in [0.15, 0.2) is 0 Å². The molecule has 0 heterocycles. The summed E-state index contributed by atoms with van der Waals surface area (Å²) in [5, 5.41) is 0. The predicted molar refractivity (Wildman–Crippen MR) is 76.2 cm³/mol. The van der Waals surface area contributed by atoms with Crippen LogP contribution in [0.5, 0.6) is 5.75 Å². The smallest absolute Gasteiger partial charge is 0.132 e. The predicted octanol–water partition coefficient (Wildman–Crippen LogP) is 3.87. The van der Waals surface area contributed by atoms with Gasteiger partial charge in [0.1, 0.15) is 5.75 Å². The lowest BCUT2D eigenvalue weighted by atomic mass is 10.1. The molecule has 3 heteroatoms. The number of ether oxygens (including phenoxy) is 1. The largest absolute Gasteiger partial charge is 0.496 e. The Morgan fingerprint density at radius 3 is 2.28 bits per heavy atom. The van der Waals surface area contributed by atoms with E-state index in [1.165, 1.54) is 4.90 Å². The van der Waals surface area contributed by atoms with Gasteiger partial charge in [-0.3, -0.25) is 0 Å². The monoisotopic (exact) mass is 259 g/mol. The molecule has 0 aliphatic heterocycles. The Morgan fingerprint density at radius 1 is 1.00 bits per heavy atom. The summed E-state index contributed by atoms with van der Waals surface area (Å²) in [6, 6.07) is 16.3. The average molecular weight is 259 g/mol. The molecule has 18 heavy (non-hydrogen) atoms. The molecular formula is C15H17NOS. The molecule has 0 amide bonds. The van der Waals surface area contributed by atoms with E-state index in [0.29, 0.717) is 0 Å². The molecule has 2 aromatic carbocycles. The second-order valence-electron chi connectivity index (χ2n) is 4.08. The number of benzene rings is 2. The molecule has 94 valence electrons. The van der Waals surface area contributed by atoms with Crippen LogP contribution in [0.2, 0.25) is 0 Å². The summed E-state index contributed by atoms with van der Waals surface area (Å²) in [5.41, 5.74) is 7.15. The molecular weight excluding hydrogens is 242 g/mol. The van der Waals surface area contributed by atoms with Crippen LogP contribution in [0.1, 0.15) is 18.5 Å². The minimum Gasteiger partial charge on any atom is -0.496 e. The fourth-order valence-corrected chi connectivity index (χ4v) is 2.93. The highest BCUT2D eigenvalue weighted by molar-refractivity contribution is 7.99. The second-order valence-corrected chi connectivity index (χ2v) is 5.16. The lowest BCUT2D eigenvalue weighted by Crippen LogP contribution is -2.06. The molecule has 2 N–H and O–H groups in total. The number of rotatable bonds is 4. The summed E-state index contributed by atoms with van der Waals surface area (Å²) in [6.07, 6.45) is 0. The SMILES string of the molecule is COc1ccccc1Sc1ccccc1[C@H](C)N. The zero-order valence-corrected chi connectivity index (χ0v) is 11.4. The summed E-state index contributed by atoms with van der Waals surface area (Å²) in [5.74, 6) is 0.891. The Balaban J connectivity index is 2.34. The van der Waals surface area contributed by atoms with Gasteiger partial charge in [-0.2, -0.15) is 0 Å². The van der Waals surface area contributed by atoms with Gasteiger partial charge in [-0.15, -0.1) is 0 Å². The first-order chi connectivity index (χ1) is 8.72. The Kier molecular flexibility index (Phi) is 4.28. The van der Waals surface area contributed by atoms with E-state index in [1.807, 2.05) is 37.3 Å². The van der Waals surface area contributed by atoms with Crippen LogP contribution in [0.4, 0.5) is 0 Å². The van der Waals surface area contributed by atoms with Crippen molar-refractivity contribution in [3.63, 3.8) is 0 Å². The van der Waals surface area contributed by atoms with E-state index in [0.717, 1.165) is 16.2 Å². The van der Waals surface area contributed by atoms with Crippen LogP contribution in [-0.2, 0) is 0 Å². The maximum Gasteiger partial charge on any atom is 0.132 e. The molecule has 0 aromatic heterocycles. The average Bonchev–Trinajstić information content (AvgIpc) is 2.40. The molecule has 2 rings (SSSR count). The normalized spacial score (nSPS) is 12.2. The van der Waals surface area contributed by atoms with Gasteiger partial charge in [0.05, 0.1) is 12.0 Å². The standard InChI is InChI=1S/C15H17NOS/c1-11(16)12-7-3-5-9-14(12)18-15-10-6-4-8-13(15)17-2/h3-11H,16H2,1-2H3/t11-/m0/s1. The molecule has 1 atom stereocenters. The number of para-hydroxylation sites is 1. The van der Waals surface area contributed by atoms with Gasteiger partial charge in [0.2, 0.25) is 0 Å². The van der Waals surface area contributed by atoms with Crippen molar-refractivity contribution in [1.82, 2.24) is 0 Å². The summed E-state index contributed by atoms with van der Waals surface area (Å²) >= 11 is 1.69. The number of nitrogens with two attached hydrogens (primary N) is 1. The van der Waals surface area contributed by atoms with E-state index in [-0.39, 0.29) is 6.04 Å². The van der Waals surface area contributed by atoms with Gasteiger partial charge in [0, 0.05) is 10.9 Å². The van der Waals surface area contributed by atoms with Gasteiger partial charge < -0.3 is 10.5 Å². The Hall–Kier alpha value is -1.45. The molecule has 0 saturated heterocycles. The number of hydrogen-bond acceptors (Lipinski definition) is 3. The van der Waals surface area contributed by atoms with Crippen LogP contribution in [0.3, 0.4) is 0 Å². The third-order valence-corrected chi connectivity index (χ3v) is 3.85. The molecule has 0 unspecified atom stereocenters. The molecule has 0 spiro atoms. The zero-order valence-electron chi connectivity index (χ0n) is 10.6. The Labute approximate surface area is 112 Å². The van der Waals surface area contributed by atoms with Gasteiger partial charge in [-0.25, -0.2) is 0 Å². The molecule has 0 bridgehead atoms. The van der Waals surface area contributed by atoms with E-state index in [4.69, 9.17) is 10.5 Å². The van der Waals surface area contributed by atoms with Crippen molar-refractivity contribution in [3.8, 4) is 5.75 Å². The van der Waals surface area contributed by atoms with Crippen molar-refractivity contribution in [2.75, 3.05) is 7.11 Å². The van der Waals surface area contributed by atoms with E-state index in [2.05, 4.69) is 18.2 Å². The molecule has 0 fully saturated rings. The number of methoxy groups -OCH3 is 1. The Morgan fingerprint density at radius 2 is 1.61 bits per heavy atom. The third kappa shape index (κ3) is 2.86. The van der Waals surface area contributed by atoms with Crippen LogP contribution in [0, 0.1) is 0 Å².